The first-order valence-corrected chi connectivity index (χ1v) is 8.13. The first kappa shape index (κ1) is 14.7. The summed E-state index contributed by atoms with van der Waals surface area (Å²) in [7, 11) is 0. The standard InChI is InChI=1S/C17H26N2O2/c1-2-7-19-8-5-13(6-9-19)15(11-18)14-3-4-16-17(10-14)21-12-20-16/h3-4,10,13,15H,2,5-9,11-12,18H2,1H3. The lowest BCUT2D eigenvalue weighted by Gasteiger charge is -2.35. The van der Waals surface area contributed by atoms with Crippen molar-refractivity contribution in [2.75, 3.05) is 33.0 Å². The van der Waals surface area contributed by atoms with Gasteiger partial charge in [-0.15, -0.1) is 0 Å². The van der Waals surface area contributed by atoms with E-state index in [1.165, 1.54) is 44.5 Å². The van der Waals surface area contributed by atoms with Crippen LogP contribution in [-0.2, 0) is 0 Å². The van der Waals surface area contributed by atoms with Crippen molar-refractivity contribution in [2.45, 2.75) is 32.1 Å². The minimum Gasteiger partial charge on any atom is -0.454 e. The zero-order chi connectivity index (χ0) is 14.7. The SMILES string of the molecule is CCCN1CCC(C(CN)c2ccc3c(c2)OCO3)CC1. The van der Waals surface area contributed by atoms with Crippen LogP contribution >= 0.6 is 0 Å². The van der Waals surface area contributed by atoms with E-state index in [-0.39, 0.29) is 0 Å². The van der Waals surface area contributed by atoms with Crippen LogP contribution in [0.25, 0.3) is 0 Å². The van der Waals surface area contributed by atoms with Gasteiger partial charge in [0.15, 0.2) is 11.5 Å². The van der Waals surface area contributed by atoms with Crippen LogP contribution in [0.5, 0.6) is 11.5 Å². The third kappa shape index (κ3) is 3.16. The lowest BCUT2D eigenvalue weighted by atomic mass is 9.80. The van der Waals surface area contributed by atoms with E-state index < -0.39 is 0 Å². The molecule has 3 rings (SSSR count). The van der Waals surface area contributed by atoms with Crippen LogP contribution in [0.1, 0.15) is 37.7 Å². The number of piperidine rings is 1. The highest BCUT2D eigenvalue weighted by Crippen LogP contribution is 2.38. The molecular weight excluding hydrogens is 264 g/mol. The monoisotopic (exact) mass is 290 g/mol. The van der Waals surface area contributed by atoms with Crippen molar-refractivity contribution >= 4 is 0 Å². The Hall–Kier alpha value is -1.26. The van der Waals surface area contributed by atoms with Crippen molar-refractivity contribution in [2.24, 2.45) is 11.7 Å². The van der Waals surface area contributed by atoms with Crippen LogP contribution in [-0.4, -0.2) is 37.9 Å². The van der Waals surface area contributed by atoms with Gasteiger partial charge in [-0.2, -0.15) is 0 Å². The Balaban J connectivity index is 1.68. The molecule has 4 heteroatoms. The number of hydrogen-bond acceptors (Lipinski definition) is 4. The fraction of sp³-hybridized carbons (Fsp3) is 0.647. The summed E-state index contributed by atoms with van der Waals surface area (Å²) in [6.07, 6.45) is 3.74. The fourth-order valence-corrected chi connectivity index (χ4v) is 3.64. The van der Waals surface area contributed by atoms with Gasteiger partial charge in [0.05, 0.1) is 0 Å². The van der Waals surface area contributed by atoms with E-state index in [0.717, 1.165) is 11.5 Å². The van der Waals surface area contributed by atoms with Gasteiger partial charge in [0.1, 0.15) is 0 Å². The van der Waals surface area contributed by atoms with Gasteiger partial charge < -0.3 is 20.1 Å². The van der Waals surface area contributed by atoms with Crippen LogP contribution < -0.4 is 15.2 Å². The van der Waals surface area contributed by atoms with Crippen molar-refractivity contribution < 1.29 is 9.47 Å². The Morgan fingerprint density at radius 2 is 2.00 bits per heavy atom. The summed E-state index contributed by atoms with van der Waals surface area (Å²) in [5, 5.41) is 0. The molecule has 1 aromatic carbocycles. The summed E-state index contributed by atoms with van der Waals surface area (Å²) in [5.74, 6) is 2.84. The molecule has 1 atom stereocenters. The molecule has 2 aliphatic rings. The number of ether oxygens (including phenoxy) is 2. The number of nitrogens with zero attached hydrogens (tertiary/aromatic N) is 1. The molecule has 0 aliphatic carbocycles. The quantitative estimate of drug-likeness (QED) is 0.905. The van der Waals surface area contributed by atoms with Crippen molar-refractivity contribution in [3.05, 3.63) is 23.8 Å². The van der Waals surface area contributed by atoms with Gasteiger partial charge in [0, 0.05) is 0 Å². The number of nitrogens with two attached hydrogens (primary N) is 1. The minimum absolute atomic E-state index is 0.335. The topological polar surface area (TPSA) is 47.7 Å². The summed E-state index contributed by atoms with van der Waals surface area (Å²) in [6, 6.07) is 6.30. The van der Waals surface area contributed by atoms with Gasteiger partial charge in [-0.1, -0.05) is 13.0 Å². The highest BCUT2D eigenvalue weighted by molar-refractivity contribution is 5.45. The predicted octanol–water partition coefficient (Wildman–Crippen LogP) is 2.58. The largest absolute Gasteiger partial charge is 0.454 e. The van der Waals surface area contributed by atoms with Crippen molar-refractivity contribution in [3.63, 3.8) is 0 Å². The Labute approximate surface area is 127 Å². The summed E-state index contributed by atoms with van der Waals surface area (Å²) in [4.78, 5) is 2.57. The highest BCUT2D eigenvalue weighted by atomic mass is 16.7. The molecule has 2 heterocycles. The highest BCUT2D eigenvalue weighted by Gasteiger charge is 2.27. The number of benzene rings is 1. The number of rotatable bonds is 5. The van der Waals surface area contributed by atoms with Crippen LogP contribution in [0.3, 0.4) is 0 Å². The zero-order valence-electron chi connectivity index (χ0n) is 12.9. The predicted molar refractivity (Wildman–Crippen MR) is 83.8 cm³/mol. The van der Waals surface area contributed by atoms with Gasteiger partial charge in [-0.05, 0) is 75.0 Å². The van der Waals surface area contributed by atoms with E-state index in [1.807, 2.05) is 6.07 Å². The average molecular weight is 290 g/mol. The molecule has 4 nitrogen and oxygen atoms in total. The molecule has 1 unspecified atom stereocenters. The van der Waals surface area contributed by atoms with E-state index in [4.69, 9.17) is 15.2 Å². The Bertz CT molecular complexity index is 470. The molecule has 2 N–H and O–H groups in total. The van der Waals surface area contributed by atoms with E-state index in [9.17, 15) is 0 Å². The fourth-order valence-electron chi connectivity index (χ4n) is 3.64. The van der Waals surface area contributed by atoms with Crippen molar-refractivity contribution in [1.82, 2.24) is 4.90 Å². The number of fused-ring (bicyclic) bond motifs is 1. The molecule has 0 spiro atoms. The van der Waals surface area contributed by atoms with Gasteiger partial charge in [-0.25, -0.2) is 0 Å². The van der Waals surface area contributed by atoms with Gasteiger partial charge in [-0.3, -0.25) is 0 Å². The Morgan fingerprint density at radius 3 is 2.71 bits per heavy atom. The summed E-state index contributed by atoms with van der Waals surface area (Å²) in [6.45, 7) is 6.93. The molecule has 0 bridgehead atoms. The second-order valence-corrected chi connectivity index (χ2v) is 6.13. The smallest absolute Gasteiger partial charge is 0.231 e. The molecule has 2 aliphatic heterocycles. The van der Waals surface area contributed by atoms with Crippen molar-refractivity contribution in [1.29, 1.82) is 0 Å². The maximum absolute atomic E-state index is 6.09. The molecule has 1 aromatic rings. The third-order valence-electron chi connectivity index (χ3n) is 4.82. The van der Waals surface area contributed by atoms with E-state index in [1.54, 1.807) is 0 Å². The molecular formula is C17H26N2O2. The first-order valence-electron chi connectivity index (χ1n) is 8.13. The summed E-state index contributed by atoms with van der Waals surface area (Å²) < 4.78 is 10.9. The van der Waals surface area contributed by atoms with Crippen LogP contribution in [0.4, 0.5) is 0 Å². The summed E-state index contributed by atoms with van der Waals surface area (Å²) in [5.41, 5.74) is 7.39. The third-order valence-corrected chi connectivity index (χ3v) is 4.82. The lowest BCUT2D eigenvalue weighted by Crippen LogP contribution is -2.37. The Morgan fingerprint density at radius 1 is 1.24 bits per heavy atom. The second kappa shape index (κ2) is 6.67. The summed E-state index contributed by atoms with van der Waals surface area (Å²) >= 11 is 0. The van der Waals surface area contributed by atoms with Gasteiger partial charge in [0.25, 0.3) is 0 Å². The van der Waals surface area contributed by atoms with Crippen LogP contribution in [0, 0.1) is 5.92 Å². The molecule has 1 saturated heterocycles. The molecule has 116 valence electrons. The number of hydrogen-bond donors (Lipinski definition) is 1. The van der Waals surface area contributed by atoms with Gasteiger partial charge in [0.2, 0.25) is 6.79 Å². The maximum Gasteiger partial charge on any atom is 0.231 e. The molecule has 1 fully saturated rings. The van der Waals surface area contributed by atoms with Gasteiger partial charge >= 0.3 is 0 Å². The van der Waals surface area contributed by atoms with Crippen molar-refractivity contribution in [3.8, 4) is 11.5 Å². The van der Waals surface area contributed by atoms with E-state index >= 15 is 0 Å². The van der Waals surface area contributed by atoms with Crippen LogP contribution in [0.15, 0.2) is 18.2 Å². The van der Waals surface area contributed by atoms with E-state index in [0.29, 0.717) is 25.2 Å². The lowest BCUT2D eigenvalue weighted by molar-refractivity contribution is 0.169. The minimum atomic E-state index is 0.335. The molecule has 0 radical (unpaired) electrons. The average Bonchev–Trinajstić information content (AvgIpc) is 2.98. The molecule has 0 aromatic heterocycles. The zero-order valence-corrected chi connectivity index (χ0v) is 12.9. The molecule has 21 heavy (non-hydrogen) atoms. The van der Waals surface area contributed by atoms with E-state index in [2.05, 4.69) is 24.0 Å². The normalized spacial score (nSPS) is 20.7. The number of likely N-dealkylation sites (tertiary alicyclic amines) is 1. The first-order chi connectivity index (χ1) is 10.3. The second-order valence-electron chi connectivity index (χ2n) is 6.13. The molecule has 0 saturated carbocycles. The van der Waals surface area contributed by atoms with Crippen LogP contribution in [0.2, 0.25) is 0 Å². The Kier molecular flexibility index (Phi) is 4.66. The molecule has 0 amide bonds. The maximum atomic E-state index is 6.09.